The Hall–Kier alpha value is -3.17. The Kier molecular flexibility index (Phi) is 6.53. The number of aryl methyl sites for hydroxylation is 2. The van der Waals surface area contributed by atoms with Crippen molar-refractivity contribution in [2.45, 2.75) is 31.6 Å². The van der Waals surface area contributed by atoms with E-state index in [1.54, 1.807) is 16.8 Å². The first-order valence-electron chi connectivity index (χ1n) is 10.9. The van der Waals surface area contributed by atoms with Crippen LogP contribution in [0.5, 0.6) is 5.75 Å². The third-order valence-corrected chi connectivity index (χ3v) is 7.73. The number of methoxy groups -OCH3 is 1. The monoisotopic (exact) mass is 468 g/mol. The van der Waals surface area contributed by atoms with Gasteiger partial charge in [0, 0.05) is 18.8 Å². The van der Waals surface area contributed by atoms with Crippen LogP contribution in [0.25, 0.3) is 5.69 Å². The van der Waals surface area contributed by atoms with Crippen molar-refractivity contribution in [2.24, 2.45) is 5.92 Å². The lowest BCUT2D eigenvalue weighted by Gasteiger charge is -2.31. The summed E-state index contributed by atoms with van der Waals surface area (Å²) < 4.78 is 34.6. The van der Waals surface area contributed by atoms with E-state index >= 15 is 0 Å². The lowest BCUT2D eigenvalue weighted by atomic mass is 9.98. The van der Waals surface area contributed by atoms with Crippen LogP contribution in [-0.2, 0) is 14.8 Å². The highest BCUT2D eigenvalue weighted by atomic mass is 32.2. The summed E-state index contributed by atoms with van der Waals surface area (Å²) in [6.45, 7) is 4.41. The van der Waals surface area contributed by atoms with Gasteiger partial charge in [0.1, 0.15) is 5.75 Å². The largest absolute Gasteiger partial charge is 0.497 e. The van der Waals surface area contributed by atoms with Crippen molar-refractivity contribution in [1.29, 1.82) is 0 Å². The Bertz CT molecular complexity index is 1250. The number of nitrogens with zero attached hydrogens (tertiary/aromatic N) is 3. The molecule has 1 atom stereocenters. The Balaban J connectivity index is 1.51. The number of anilines is 1. The lowest BCUT2D eigenvalue weighted by Crippen LogP contribution is -2.43. The number of hydrogen-bond donors (Lipinski definition) is 1. The maximum Gasteiger partial charge on any atom is 0.243 e. The molecule has 8 nitrogen and oxygen atoms in total. The fraction of sp³-hybridized carbons (Fsp3) is 0.333. The number of para-hydroxylation sites is 2. The van der Waals surface area contributed by atoms with Gasteiger partial charge in [-0.2, -0.15) is 9.40 Å². The highest BCUT2D eigenvalue weighted by Gasteiger charge is 2.33. The van der Waals surface area contributed by atoms with Crippen molar-refractivity contribution in [3.63, 3.8) is 0 Å². The molecule has 1 aromatic heterocycles. The average molecular weight is 469 g/mol. The molecule has 0 aliphatic carbocycles. The molecule has 1 aliphatic heterocycles. The van der Waals surface area contributed by atoms with Crippen LogP contribution in [0.1, 0.15) is 24.2 Å². The molecule has 1 unspecified atom stereocenters. The van der Waals surface area contributed by atoms with Crippen molar-refractivity contribution in [2.75, 3.05) is 25.5 Å². The summed E-state index contributed by atoms with van der Waals surface area (Å²) in [5.74, 6) is -0.0509. The molecule has 174 valence electrons. The Labute approximate surface area is 194 Å². The first-order valence-corrected chi connectivity index (χ1v) is 12.3. The summed E-state index contributed by atoms with van der Waals surface area (Å²) >= 11 is 0. The molecule has 0 bridgehead atoms. The number of sulfonamides is 1. The molecular weight excluding hydrogens is 440 g/mol. The standard InChI is InChI=1S/C24H28N4O4S/c1-17-15-18(2)28(26-17)23-9-5-4-8-22(23)25-24(29)19-7-6-14-27(16-19)33(30,31)21-12-10-20(32-3)11-13-21/h4-5,8-13,15,19H,6-7,14,16H2,1-3H3,(H,25,29). The Morgan fingerprint density at radius 2 is 1.85 bits per heavy atom. The minimum atomic E-state index is -3.70. The van der Waals surface area contributed by atoms with Crippen LogP contribution >= 0.6 is 0 Å². The van der Waals surface area contributed by atoms with E-state index in [1.807, 2.05) is 44.2 Å². The van der Waals surface area contributed by atoms with Gasteiger partial charge in [-0.3, -0.25) is 4.79 Å². The molecule has 1 amide bonds. The maximum absolute atomic E-state index is 13.2. The fourth-order valence-corrected chi connectivity index (χ4v) is 5.67. The minimum Gasteiger partial charge on any atom is -0.497 e. The van der Waals surface area contributed by atoms with Gasteiger partial charge in [0.25, 0.3) is 0 Å². The second kappa shape index (κ2) is 9.36. The molecule has 33 heavy (non-hydrogen) atoms. The molecule has 0 radical (unpaired) electrons. The van der Waals surface area contributed by atoms with Gasteiger partial charge in [0.15, 0.2) is 0 Å². The van der Waals surface area contributed by atoms with Crippen LogP contribution in [0.15, 0.2) is 59.5 Å². The van der Waals surface area contributed by atoms with Crippen LogP contribution in [0.2, 0.25) is 0 Å². The van der Waals surface area contributed by atoms with Gasteiger partial charge >= 0.3 is 0 Å². The smallest absolute Gasteiger partial charge is 0.243 e. The van der Waals surface area contributed by atoms with E-state index in [0.29, 0.717) is 30.8 Å². The van der Waals surface area contributed by atoms with Crippen LogP contribution in [0.3, 0.4) is 0 Å². The first kappa shape index (κ1) is 23.0. The number of carbonyl (C=O) groups is 1. The molecule has 2 aromatic carbocycles. The fourth-order valence-electron chi connectivity index (χ4n) is 4.14. The highest BCUT2D eigenvalue weighted by molar-refractivity contribution is 7.89. The Morgan fingerprint density at radius 1 is 1.12 bits per heavy atom. The predicted octanol–water partition coefficient (Wildman–Crippen LogP) is 3.54. The normalized spacial score (nSPS) is 17.0. The minimum absolute atomic E-state index is 0.141. The quantitative estimate of drug-likeness (QED) is 0.597. The molecule has 3 aromatic rings. The number of benzene rings is 2. The van der Waals surface area contributed by atoms with Gasteiger partial charge < -0.3 is 10.1 Å². The second-order valence-electron chi connectivity index (χ2n) is 8.22. The molecular formula is C24H28N4O4S. The van der Waals surface area contributed by atoms with E-state index in [-0.39, 0.29) is 17.3 Å². The highest BCUT2D eigenvalue weighted by Crippen LogP contribution is 2.27. The summed E-state index contributed by atoms with van der Waals surface area (Å²) in [7, 11) is -2.16. The third-order valence-electron chi connectivity index (χ3n) is 5.85. The number of hydrogen-bond acceptors (Lipinski definition) is 5. The first-order chi connectivity index (χ1) is 15.8. The van der Waals surface area contributed by atoms with Crippen LogP contribution in [-0.4, -0.2) is 48.6 Å². The lowest BCUT2D eigenvalue weighted by molar-refractivity contribution is -0.120. The van der Waals surface area contributed by atoms with Gasteiger partial charge in [-0.15, -0.1) is 0 Å². The third kappa shape index (κ3) is 4.79. The summed E-state index contributed by atoms with van der Waals surface area (Å²) in [4.78, 5) is 13.3. The molecule has 9 heteroatoms. The van der Waals surface area contributed by atoms with E-state index in [9.17, 15) is 13.2 Å². The Morgan fingerprint density at radius 3 is 2.52 bits per heavy atom. The zero-order chi connectivity index (χ0) is 23.6. The number of carbonyl (C=O) groups excluding carboxylic acids is 1. The van der Waals surface area contributed by atoms with E-state index in [1.165, 1.54) is 23.5 Å². The molecule has 1 N–H and O–H groups in total. The van der Waals surface area contributed by atoms with E-state index in [4.69, 9.17) is 4.74 Å². The number of nitrogens with one attached hydrogen (secondary N) is 1. The second-order valence-corrected chi connectivity index (χ2v) is 10.2. The number of rotatable bonds is 6. The number of piperidine rings is 1. The topological polar surface area (TPSA) is 93.5 Å². The molecule has 2 heterocycles. The number of aromatic nitrogens is 2. The molecule has 1 saturated heterocycles. The number of amides is 1. The van der Waals surface area contributed by atoms with Crippen molar-refractivity contribution < 1.29 is 17.9 Å². The molecule has 1 aliphatic rings. The van der Waals surface area contributed by atoms with E-state index in [2.05, 4.69) is 10.4 Å². The molecule has 0 saturated carbocycles. The van der Waals surface area contributed by atoms with E-state index < -0.39 is 15.9 Å². The summed E-state index contributed by atoms with van der Waals surface area (Å²) in [6, 6.07) is 15.8. The van der Waals surface area contributed by atoms with Gasteiger partial charge in [0.05, 0.1) is 35.0 Å². The zero-order valence-electron chi connectivity index (χ0n) is 19.0. The summed E-state index contributed by atoms with van der Waals surface area (Å²) in [5.41, 5.74) is 3.27. The molecule has 0 spiro atoms. The van der Waals surface area contributed by atoms with Crippen molar-refractivity contribution >= 4 is 21.6 Å². The molecule has 4 rings (SSSR count). The number of ether oxygens (including phenoxy) is 1. The molecule has 1 fully saturated rings. The summed E-state index contributed by atoms with van der Waals surface area (Å²) in [5, 5.41) is 7.52. The van der Waals surface area contributed by atoms with Crippen LogP contribution < -0.4 is 10.1 Å². The van der Waals surface area contributed by atoms with Gasteiger partial charge in [-0.1, -0.05) is 12.1 Å². The van der Waals surface area contributed by atoms with Crippen LogP contribution in [0, 0.1) is 19.8 Å². The average Bonchev–Trinajstić information content (AvgIpc) is 3.17. The SMILES string of the molecule is COc1ccc(S(=O)(=O)N2CCCC(C(=O)Nc3ccccc3-n3nc(C)cc3C)C2)cc1. The summed E-state index contributed by atoms with van der Waals surface area (Å²) in [6.07, 6.45) is 1.25. The van der Waals surface area contributed by atoms with Crippen molar-refractivity contribution in [3.05, 3.63) is 66.0 Å². The maximum atomic E-state index is 13.2. The predicted molar refractivity (Wildman–Crippen MR) is 126 cm³/mol. The van der Waals surface area contributed by atoms with Gasteiger partial charge in [-0.05, 0) is 69.2 Å². The van der Waals surface area contributed by atoms with Crippen molar-refractivity contribution in [3.8, 4) is 11.4 Å². The van der Waals surface area contributed by atoms with E-state index in [0.717, 1.165) is 17.1 Å². The van der Waals surface area contributed by atoms with Gasteiger partial charge in [0.2, 0.25) is 15.9 Å². The zero-order valence-corrected chi connectivity index (χ0v) is 19.8. The van der Waals surface area contributed by atoms with Crippen LogP contribution in [0.4, 0.5) is 5.69 Å². The van der Waals surface area contributed by atoms with Crippen molar-refractivity contribution in [1.82, 2.24) is 14.1 Å². The van der Waals surface area contributed by atoms with Gasteiger partial charge in [-0.25, -0.2) is 13.1 Å².